The number of carbonyl (C=O) groups is 2. The molecule has 0 heterocycles. The van der Waals surface area contributed by atoms with E-state index in [9.17, 15) is 9.59 Å². The molecule has 0 aliphatic rings. The number of rotatable bonds is 54. The average Bonchev–Trinajstić information content (AvgIpc) is 3.34. The largest absolute Gasteiger partial charge is 0.462 e. The van der Waals surface area contributed by atoms with E-state index in [0.717, 1.165) is 89.9 Å². The van der Waals surface area contributed by atoms with Crippen LogP contribution in [0.15, 0.2) is 72.9 Å². The van der Waals surface area contributed by atoms with Crippen molar-refractivity contribution in [3.05, 3.63) is 72.9 Å². The third kappa shape index (κ3) is 55.9. The molecule has 0 radical (unpaired) electrons. The minimum Gasteiger partial charge on any atom is -0.462 e. The Labute approximate surface area is 423 Å². The van der Waals surface area contributed by atoms with Gasteiger partial charge in [-0.15, -0.1) is 0 Å². The highest BCUT2D eigenvalue weighted by Crippen LogP contribution is 2.16. The Morgan fingerprint density at radius 2 is 0.662 bits per heavy atom. The third-order valence-electron chi connectivity index (χ3n) is 12.7. The Hall–Kier alpha value is -2.66. The Balaban J connectivity index is 4.28. The molecule has 0 aliphatic carbocycles. The van der Waals surface area contributed by atoms with Crippen LogP contribution in [0.25, 0.3) is 0 Å². The fourth-order valence-electron chi connectivity index (χ4n) is 8.36. The molecule has 394 valence electrons. The van der Waals surface area contributed by atoms with Crippen LogP contribution in [0.5, 0.6) is 0 Å². The lowest BCUT2D eigenvalue weighted by molar-refractivity contribution is -0.163. The van der Waals surface area contributed by atoms with E-state index in [1.165, 1.54) is 167 Å². The van der Waals surface area contributed by atoms with Crippen molar-refractivity contribution in [1.29, 1.82) is 0 Å². The van der Waals surface area contributed by atoms with Crippen molar-refractivity contribution in [3.63, 3.8) is 0 Å². The zero-order valence-corrected chi connectivity index (χ0v) is 45.4. The summed E-state index contributed by atoms with van der Waals surface area (Å²) in [7, 11) is 0. The number of hydrogen-bond donors (Lipinski definition) is 0. The van der Waals surface area contributed by atoms with Crippen molar-refractivity contribution in [3.8, 4) is 0 Å². The number of allylic oxidation sites excluding steroid dienone is 12. The first kappa shape index (κ1) is 65.3. The highest BCUT2D eigenvalue weighted by atomic mass is 16.6. The van der Waals surface area contributed by atoms with Crippen molar-refractivity contribution < 1.29 is 23.8 Å². The van der Waals surface area contributed by atoms with Gasteiger partial charge in [0.2, 0.25) is 0 Å². The van der Waals surface area contributed by atoms with Crippen molar-refractivity contribution >= 4 is 11.9 Å². The summed E-state index contributed by atoms with van der Waals surface area (Å²) in [4.78, 5) is 25.5. The Morgan fingerprint density at radius 1 is 0.338 bits per heavy atom. The van der Waals surface area contributed by atoms with Crippen LogP contribution < -0.4 is 0 Å². The van der Waals surface area contributed by atoms with Crippen molar-refractivity contribution in [2.45, 2.75) is 297 Å². The van der Waals surface area contributed by atoms with Crippen LogP contribution in [0, 0.1) is 0 Å². The monoisotopic (exact) mass is 949 g/mol. The van der Waals surface area contributed by atoms with E-state index in [1.54, 1.807) is 0 Å². The number of carbonyl (C=O) groups excluding carboxylic acids is 2. The van der Waals surface area contributed by atoms with Gasteiger partial charge < -0.3 is 14.2 Å². The lowest BCUT2D eigenvalue weighted by atomic mass is 10.0. The summed E-state index contributed by atoms with van der Waals surface area (Å²) in [5, 5.41) is 0. The van der Waals surface area contributed by atoms with E-state index >= 15 is 0 Å². The molecule has 0 aromatic carbocycles. The van der Waals surface area contributed by atoms with E-state index in [0.29, 0.717) is 19.4 Å². The highest BCUT2D eigenvalue weighted by molar-refractivity contribution is 5.70. The predicted molar refractivity (Wildman–Crippen MR) is 297 cm³/mol. The first-order valence-corrected chi connectivity index (χ1v) is 29.5. The predicted octanol–water partition coefficient (Wildman–Crippen LogP) is 20.2. The SMILES string of the molecule is CC/C=C\C/C=C\C/C=C\CCCCCCOCC(COC(=O)CCCCCCCC/C=C\C/C=C\C/C=C\CCCCC)OC(=O)CCCCCCCCCCCCCCCCCCCCC. The maximum atomic E-state index is 12.9. The molecule has 68 heavy (non-hydrogen) atoms. The quantitative estimate of drug-likeness (QED) is 0.0345. The normalized spacial score (nSPS) is 12.7. The van der Waals surface area contributed by atoms with Gasteiger partial charge in [0.25, 0.3) is 0 Å². The van der Waals surface area contributed by atoms with E-state index < -0.39 is 6.10 Å². The van der Waals surface area contributed by atoms with Crippen LogP contribution in [0.4, 0.5) is 0 Å². The van der Waals surface area contributed by atoms with Crippen molar-refractivity contribution in [2.75, 3.05) is 19.8 Å². The Morgan fingerprint density at radius 3 is 1.09 bits per heavy atom. The van der Waals surface area contributed by atoms with Crippen LogP contribution >= 0.6 is 0 Å². The van der Waals surface area contributed by atoms with Gasteiger partial charge in [0.15, 0.2) is 6.10 Å². The summed E-state index contributed by atoms with van der Waals surface area (Å²) in [6, 6.07) is 0. The zero-order chi connectivity index (χ0) is 49.2. The molecule has 0 saturated carbocycles. The van der Waals surface area contributed by atoms with Crippen LogP contribution in [0.1, 0.15) is 290 Å². The summed E-state index contributed by atoms with van der Waals surface area (Å²) in [6.45, 7) is 7.67. The van der Waals surface area contributed by atoms with Gasteiger partial charge in [-0.05, 0) is 89.9 Å². The second-order valence-electron chi connectivity index (χ2n) is 19.5. The minimum atomic E-state index is -0.555. The summed E-state index contributed by atoms with van der Waals surface area (Å²) < 4.78 is 17.5. The van der Waals surface area contributed by atoms with Crippen molar-refractivity contribution in [1.82, 2.24) is 0 Å². The van der Waals surface area contributed by atoms with Gasteiger partial charge in [-0.1, -0.05) is 261 Å². The molecule has 5 nitrogen and oxygen atoms in total. The molecule has 0 N–H and O–H groups in total. The van der Waals surface area contributed by atoms with Crippen LogP contribution in [-0.2, 0) is 23.8 Å². The zero-order valence-electron chi connectivity index (χ0n) is 45.4. The number of esters is 2. The van der Waals surface area contributed by atoms with E-state index in [4.69, 9.17) is 14.2 Å². The smallest absolute Gasteiger partial charge is 0.306 e. The van der Waals surface area contributed by atoms with Crippen LogP contribution in [0.3, 0.4) is 0 Å². The lowest BCUT2D eigenvalue weighted by Crippen LogP contribution is -2.30. The van der Waals surface area contributed by atoms with Gasteiger partial charge in [-0.25, -0.2) is 0 Å². The van der Waals surface area contributed by atoms with Gasteiger partial charge in [0.05, 0.1) is 6.61 Å². The average molecular weight is 950 g/mol. The summed E-state index contributed by atoms with van der Waals surface area (Å²) in [5.41, 5.74) is 0. The van der Waals surface area contributed by atoms with Gasteiger partial charge in [0, 0.05) is 19.4 Å². The number of unbranched alkanes of at least 4 members (excludes halogenated alkanes) is 31. The highest BCUT2D eigenvalue weighted by Gasteiger charge is 2.17. The fraction of sp³-hybridized carbons (Fsp3) is 0.778. The van der Waals surface area contributed by atoms with E-state index in [2.05, 4.69) is 93.7 Å². The fourth-order valence-corrected chi connectivity index (χ4v) is 8.36. The molecule has 0 aliphatic heterocycles. The molecule has 0 spiro atoms. The second-order valence-corrected chi connectivity index (χ2v) is 19.5. The molecule has 0 aromatic rings. The number of ether oxygens (including phenoxy) is 3. The maximum absolute atomic E-state index is 12.9. The van der Waals surface area contributed by atoms with Gasteiger partial charge >= 0.3 is 11.9 Å². The second kappa shape index (κ2) is 58.7. The summed E-state index contributed by atoms with van der Waals surface area (Å²) >= 11 is 0. The molecule has 0 amide bonds. The Kier molecular flexibility index (Phi) is 56.4. The molecular weight excluding hydrogens is 837 g/mol. The first-order chi connectivity index (χ1) is 33.6. The maximum Gasteiger partial charge on any atom is 0.306 e. The first-order valence-electron chi connectivity index (χ1n) is 29.5. The molecule has 0 rings (SSSR count). The molecule has 1 atom stereocenters. The summed E-state index contributed by atoms with van der Waals surface area (Å²) in [5.74, 6) is -0.413. The molecule has 0 fully saturated rings. The van der Waals surface area contributed by atoms with Gasteiger partial charge in [-0.2, -0.15) is 0 Å². The molecule has 1 unspecified atom stereocenters. The van der Waals surface area contributed by atoms with E-state index in [1.807, 2.05) is 0 Å². The topological polar surface area (TPSA) is 61.8 Å². The third-order valence-corrected chi connectivity index (χ3v) is 12.7. The Bertz CT molecular complexity index is 1210. The van der Waals surface area contributed by atoms with Crippen LogP contribution in [-0.4, -0.2) is 37.9 Å². The minimum absolute atomic E-state index is 0.0697. The molecule has 5 heteroatoms. The molecular formula is C63H112O5. The standard InChI is InChI=1S/C63H112O5/c1-4-7-10-13-16-19-22-25-28-30-32-34-36-38-41-44-47-50-53-56-62(64)67-60-61(59-66-58-55-52-49-46-43-40-27-24-21-18-15-12-9-6-3)68-63(65)57-54-51-48-45-42-39-37-35-33-31-29-26-23-20-17-14-11-8-5-2/h9,12,16,18-19,21,25,27-28,32,34,40,61H,4-8,10-11,13-15,17,20,22-24,26,29-31,33,35-39,41-60H2,1-3H3/b12-9-,19-16-,21-18-,28-25-,34-32-,40-27-. The van der Waals surface area contributed by atoms with Gasteiger partial charge in [0.1, 0.15) is 6.61 Å². The van der Waals surface area contributed by atoms with Gasteiger partial charge in [-0.3, -0.25) is 9.59 Å². The van der Waals surface area contributed by atoms with E-state index in [-0.39, 0.29) is 25.2 Å². The van der Waals surface area contributed by atoms with Crippen LogP contribution in [0.2, 0.25) is 0 Å². The molecule has 0 saturated heterocycles. The lowest BCUT2D eigenvalue weighted by Gasteiger charge is -2.18. The van der Waals surface area contributed by atoms with Crippen molar-refractivity contribution in [2.24, 2.45) is 0 Å². The molecule has 0 aromatic heterocycles. The number of hydrogen-bond acceptors (Lipinski definition) is 5. The summed E-state index contributed by atoms with van der Waals surface area (Å²) in [6.07, 6.45) is 76.4. The molecule has 0 bridgehead atoms.